The molecule has 0 aliphatic rings. The quantitative estimate of drug-likeness (QED) is 0.552. The third-order valence-corrected chi connectivity index (χ3v) is 4.99. The van der Waals surface area contributed by atoms with Crippen molar-refractivity contribution in [1.29, 1.82) is 0 Å². The standard InChI is InChI=1S/C15H19NO3S2/c1-2-3-9-20-10-8-19-14(17)11-16-12-6-4-5-7-13(12)21-15(16)18/h4-7H,2-3,8-11H2,1H3. The van der Waals surface area contributed by atoms with Crippen molar-refractivity contribution in [2.45, 2.75) is 26.3 Å². The van der Waals surface area contributed by atoms with Crippen molar-refractivity contribution >= 4 is 39.3 Å². The molecule has 1 heterocycles. The van der Waals surface area contributed by atoms with Gasteiger partial charge in [0.15, 0.2) is 0 Å². The molecule has 114 valence electrons. The smallest absolute Gasteiger partial charge is 0.326 e. The fraction of sp³-hybridized carbons (Fsp3) is 0.467. The van der Waals surface area contributed by atoms with Gasteiger partial charge < -0.3 is 4.74 Å². The second-order valence-electron chi connectivity index (χ2n) is 4.61. The van der Waals surface area contributed by atoms with Crippen LogP contribution < -0.4 is 4.87 Å². The van der Waals surface area contributed by atoms with E-state index in [1.165, 1.54) is 17.4 Å². The van der Waals surface area contributed by atoms with E-state index in [1.807, 2.05) is 24.3 Å². The van der Waals surface area contributed by atoms with E-state index in [2.05, 4.69) is 6.92 Å². The van der Waals surface area contributed by atoms with Crippen molar-refractivity contribution < 1.29 is 9.53 Å². The molecule has 1 aromatic heterocycles. The molecule has 0 spiro atoms. The van der Waals surface area contributed by atoms with Gasteiger partial charge >= 0.3 is 10.8 Å². The van der Waals surface area contributed by atoms with Gasteiger partial charge in [-0.05, 0) is 24.3 Å². The Balaban J connectivity index is 1.84. The zero-order valence-corrected chi connectivity index (χ0v) is 13.7. The number of para-hydroxylation sites is 1. The molecule has 0 amide bonds. The molecule has 0 saturated heterocycles. The number of thioether (sulfide) groups is 1. The van der Waals surface area contributed by atoms with E-state index in [4.69, 9.17) is 4.74 Å². The Hall–Kier alpha value is -1.27. The average molecular weight is 325 g/mol. The fourth-order valence-corrected chi connectivity index (χ4v) is 3.69. The van der Waals surface area contributed by atoms with Gasteiger partial charge in [-0.15, -0.1) is 0 Å². The van der Waals surface area contributed by atoms with Crippen LogP contribution in [0.3, 0.4) is 0 Å². The number of ether oxygens (including phenoxy) is 1. The Labute approximate surface area is 132 Å². The zero-order chi connectivity index (χ0) is 15.1. The normalized spacial score (nSPS) is 10.9. The van der Waals surface area contributed by atoms with E-state index in [0.717, 1.165) is 33.1 Å². The molecule has 4 nitrogen and oxygen atoms in total. The maximum atomic E-state index is 11.9. The number of carbonyl (C=O) groups is 1. The zero-order valence-electron chi connectivity index (χ0n) is 12.0. The number of esters is 1. The number of carbonyl (C=O) groups excluding carboxylic acids is 1. The largest absolute Gasteiger partial charge is 0.463 e. The van der Waals surface area contributed by atoms with Gasteiger partial charge in [0.2, 0.25) is 0 Å². The summed E-state index contributed by atoms with van der Waals surface area (Å²) < 4.78 is 7.56. The van der Waals surface area contributed by atoms with Crippen LogP contribution in [0.1, 0.15) is 19.8 Å². The molecule has 0 saturated carbocycles. The van der Waals surface area contributed by atoms with E-state index >= 15 is 0 Å². The van der Waals surface area contributed by atoms with Crippen LogP contribution in [0, 0.1) is 0 Å². The monoisotopic (exact) mass is 325 g/mol. The summed E-state index contributed by atoms with van der Waals surface area (Å²) in [5.74, 6) is 1.56. The minimum absolute atomic E-state index is 0.0114. The molecule has 1 aromatic carbocycles. The summed E-state index contributed by atoms with van der Waals surface area (Å²) in [6, 6.07) is 7.48. The van der Waals surface area contributed by atoms with Crippen LogP contribution >= 0.6 is 23.1 Å². The highest BCUT2D eigenvalue weighted by atomic mass is 32.2. The molecule has 6 heteroatoms. The van der Waals surface area contributed by atoms with Crippen LogP contribution in [0.5, 0.6) is 0 Å². The van der Waals surface area contributed by atoms with Crippen LogP contribution in [-0.4, -0.2) is 28.6 Å². The molecule has 0 unspecified atom stereocenters. The number of aromatic nitrogens is 1. The van der Waals surface area contributed by atoms with Gasteiger partial charge in [-0.1, -0.05) is 36.8 Å². The lowest BCUT2D eigenvalue weighted by Crippen LogP contribution is -2.21. The highest BCUT2D eigenvalue weighted by molar-refractivity contribution is 7.99. The SMILES string of the molecule is CCCCSCCOC(=O)Cn1c(=O)sc2ccccc21. The number of unbranched alkanes of at least 4 members (excludes halogenated alkanes) is 1. The predicted octanol–water partition coefficient (Wildman–Crippen LogP) is 3.14. The van der Waals surface area contributed by atoms with Crippen LogP contribution in [0.2, 0.25) is 0 Å². The highest BCUT2D eigenvalue weighted by Crippen LogP contribution is 2.16. The van der Waals surface area contributed by atoms with Gasteiger partial charge in [0, 0.05) is 5.75 Å². The number of benzene rings is 1. The first-order valence-electron chi connectivity index (χ1n) is 7.04. The van der Waals surface area contributed by atoms with Gasteiger partial charge in [-0.2, -0.15) is 11.8 Å². The maximum Gasteiger partial charge on any atom is 0.326 e. The lowest BCUT2D eigenvalue weighted by atomic mass is 10.3. The molecule has 0 aliphatic carbocycles. The third-order valence-electron chi connectivity index (χ3n) is 2.99. The second-order valence-corrected chi connectivity index (χ2v) is 6.83. The third kappa shape index (κ3) is 4.61. The number of thiazole rings is 1. The molecule has 0 N–H and O–H groups in total. The number of rotatable bonds is 8. The molecule has 0 fully saturated rings. The number of nitrogens with zero attached hydrogens (tertiary/aromatic N) is 1. The predicted molar refractivity (Wildman–Crippen MR) is 89.3 cm³/mol. The van der Waals surface area contributed by atoms with Crippen LogP contribution in [0.25, 0.3) is 10.2 Å². The van der Waals surface area contributed by atoms with Gasteiger partial charge in [0.05, 0.1) is 10.2 Å². The first kappa shape index (κ1) is 16.1. The number of hydrogen-bond donors (Lipinski definition) is 0. The Kier molecular flexibility index (Phi) is 6.32. The summed E-state index contributed by atoms with van der Waals surface area (Å²) in [5.41, 5.74) is 0.793. The molecule has 0 bridgehead atoms. The van der Waals surface area contributed by atoms with E-state index in [1.54, 1.807) is 11.8 Å². The summed E-state index contributed by atoms with van der Waals surface area (Å²) in [5, 5.41) is 0. The van der Waals surface area contributed by atoms with Crippen molar-refractivity contribution in [2.24, 2.45) is 0 Å². The van der Waals surface area contributed by atoms with Crippen LogP contribution in [-0.2, 0) is 16.1 Å². The summed E-state index contributed by atoms with van der Waals surface area (Å²) in [6.45, 7) is 2.55. The Morgan fingerprint density at radius 3 is 2.95 bits per heavy atom. The summed E-state index contributed by atoms with van der Waals surface area (Å²) in [4.78, 5) is 23.6. The minimum Gasteiger partial charge on any atom is -0.463 e. The highest BCUT2D eigenvalue weighted by Gasteiger charge is 2.11. The molecule has 21 heavy (non-hydrogen) atoms. The Bertz CT molecular complexity index is 648. The van der Waals surface area contributed by atoms with Gasteiger partial charge in [0.25, 0.3) is 0 Å². The van der Waals surface area contributed by atoms with E-state index in [-0.39, 0.29) is 17.4 Å². The lowest BCUT2D eigenvalue weighted by Gasteiger charge is -2.06. The van der Waals surface area contributed by atoms with Crippen molar-refractivity contribution in [1.82, 2.24) is 4.57 Å². The fourth-order valence-electron chi connectivity index (χ4n) is 1.90. The molecular formula is C15H19NO3S2. The number of fused-ring (bicyclic) bond motifs is 1. The molecule has 2 rings (SSSR count). The van der Waals surface area contributed by atoms with E-state index in [9.17, 15) is 9.59 Å². The second kappa shape index (κ2) is 8.24. The molecule has 0 aliphatic heterocycles. The van der Waals surface area contributed by atoms with Gasteiger partial charge in [0.1, 0.15) is 13.2 Å². The van der Waals surface area contributed by atoms with Gasteiger partial charge in [-0.3, -0.25) is 14.2 Å². The summed E-state index contributed by atoms with van der Waals surface area (Å²) >= 11 is 2.94. The van der Waals surface area contributed by atoms with Crippen molar-refractivity contribution in [2.75, 3.05) is 18.1 Å². The molecule has 0 radical (unpaired) electrons. The molecule has 0 atom stereocenters. The van der Waals surface area contributed by atoms with Crippen molar-refractivity contribution in [3.05, 3.63) is 33.9 Å². The van der Waals surface area contributed by atoms with E-state index < -0.39 is 0 Å². The molecule has 2 aromatic rings. The minimum atomic E-state index is -0.350. The van der Waals surface area contributed by atoms with Crippen LogP contribution in [0.15, 0.2) is 29.1 Å². The Morgan fingerprint density at radius 2 is 2.14 bits per heavy atom. The molecular weight excluding hydrogens is 306 g/mol. The van der Waals surface area contributed by atoms with Crippen molar-refractivity contribution in [3.63, 3.8) is 0 Å². The summed E-state index contributed by atoms with van der Waals surface area (Å²) in [7, 11) is 0. The average Bonchev–Trinajstić information content (AvgIpc) is 2.79. The van der Waals surface area contributed by atoms with Crippen molar-refractivity contribution in [3.8, 4) is 0 Å². The van der Waals surface area contributed by atoms with E-state index in [0.29, 0.717) is 6.61 Å². The lowest BCUT2D eigenvalue weighted by molar-refractivity contribution is -0.143. The first-order valence-corrected chi connectivity index (χ1v) is 9.01. The Morgan fingerprint density at radius 1 is 1.33 bits per heavy atom. The summed E-state index contributed by atoms with van der Waals surface area (Å²) in [6.07, 6.45) is 2.37. The van der Waals surface area contributed by atoms with Crippen LogP contribution in [0.4, 0.5) is 0 Å². The maximum absolute atomic E-state index is 11.9. The first-order chi connectivity index (χ1) is 10.2. The number of hydrogen-bond acceptors (Lipinski definition) is 5. The topological polar surface area (TPSA) is 48.3 Å². The van der Waals surface area contributed by atoms with Gasteiger partial charge in [-0.25, -0.2) is 0 Å².